The fourth-order valence-corrected chi connectivity index (χ4v) is 2.92. The maximum atomic E-state index is 13.6. The van der Waals surface area contributed by atoms with Crippen molar-refractivity contribution in [2.45, 2.75) is 17.7 Å². The Hall–Kier alpha value is -1.22. The topological polar surface area (TPSA) is 90.6 Å². The highest BCUT2D eigenvalue weighted by molar-refractivity contribution is 7.89. The first-order chi connectivity index (χ1) is 9.99. The quantitative estimate of drug-likeness (QED) is 0.498. The molecule has 0 radical (unpaired) electrons. The molecule has 1 rings (SSSR count). The number of benzene rings is 1. The third kappa shape index (κ3) is 5.96. The number of ether oxygens (including phenoxy) is 2. The van der Waals surface area contributed by atoms with Gasteiger partial charge >= 0.3 is 0 Å². The number of nitrogens with one attached hydrogen (secondary N) is 1. The van der Waals surface area contributed by atoms with E-state index in [0.717, 1.165) is 6.07 Å². The zero-order chi connectivity index (χ0) is 15.7. The molecule has 1 aromatic rings. The number of anilines is 1. The van der Waals surface area contributed by atoms with Gasteiger partial charge in [0.1, 0.15) is 10.7 Å². The summed E-state index contributed by atoms with van der Waals surface area (Å²) in [6.45, 7) is 1.75. The molecule has 0 fully saturated rings. The van der Waals surface area contributed by atoms with Crippen molar-refractivity contribution in [1.29, 1.82) is 0 Å². The van der Waals surface area contributed by atoms with Crippen LogP contribution < -0.4 is 10.5 Å². The van der Waals surface area contributed by atoms with Crippen LogP contribution >= 0.6 is 0 Å². The van der Waals surface area contributed by atoms with Gasteiger partial charge in [-0.3, -0.25) is 0 Å². The molecule has 0 spiro atoms. The van der Waals surface area contributed by atoms with Crippen LogP contribution in [-0.4, -0.2) is 41.9 Å². The molecule has 1 aromatic carbocycles. The molecular weight excluding hydrogens is 299 g/mol. The van der Waals surface area contributed by atoms with Gasteiger partial charge in [0, 0.05) is 20.3 Å². The normalized spacial score (nSPS) is 11.7. The maximum absolute atomic E-state index is 13.6. The number of halogens is 1. The van der Waals surface area contributed by atoms with Gasteiger partial charge in [-0.2, -0.15) is 0 Å². The number of rotatable bonds is 10. The van der Waals surface area contributed by atoms with Gasteiger partial charge in [0.05, 0.1) is 18.9 Å². The van der Waals surface area contributed by atoms with Gasteiger partial charge < -0.3 is 15.2 Å². The van der Waals surface area contributed by atoms with Crippen LogP contribution in [0, 0.1) is 5.82 Å². The van der Waals surface area contributed by atoms with E-state index in [1.54, 1.807) is 7.11 Å². The minimum atomic E-state index is -3.93. The van der Waals surface area contributed by atoms with Crippen molar-refractivity contribution in [3.63, 3.8) is 0 Å². The van der Waals surface area contributed by atoms with E-state index < -0.39 is 20.7 Å². The molecule has 6 nitrogen and oxygen atoms in total. The lowest BCUT2D eigenvalue weighted by molar-refractivity contribution is 0.0689. The number of methoxy groups -OCH3 is 1. The molecule has 0 aromatic heterocycles. The lowest BCUT2D eigenvalue weighted by Gasteiger charge is -2.10. The molecule has 8 heteroatoms. The van der Waals surface area contributed by atoms with Crippen LogP contribution in [0.2, 0.25) is 0 Å². The molecule has 3 N–H and O–H groups in total. The van der Waals surface area contributed by atoms with E-state index in [4.69, 9.17) is 15.2 Å². The first kappa shape index (κ1) is 17.8. The van der Waals surface area contributed by atoms with Gasteiger partial charge in [-0.05, 0) is 25.0 Å². The average molecular weight is 320 g/mol. The van der Waals surface area contributed by atoms with E-state index in [-0.39, 0.29) is 12.2 Å². The highest BCUT2D eigenvalue weighted by Crippen LogP contribution is 2.21. The summed E-state index contributed by atoms with van der Waals surface area (Å²) in [4.78, 5) is -0.499. The highest BCUT2D eigenvalue weighted by Gasteiger charge is 2.21. The summed E-state index contributed by atoms with van der Waals surface area (Å²) in [5, 5.41) is 0. The van der Waals surface area contributed by atoms with E-state index >= 15 is 0 Å². The fourth-order valence-electron chi connectivity index (χ4n) is 1.66. The Morgan fingerprint density at radius 3 is 2.67 bits per heavy atom. The van der Waals surface area contributed by atoms with Gasteiger partial charge in [-0.1, -0.05) is 6.07 Å². The van der Waals surface area contributed by atoms with E-state index in [1.165, 1.54) is 12.1 Å². The second kappa shape index (κ2) is 8.93. The first-order valence-corrected chi connectivity index (χ1v) is 8.07. The Bertz CT molecular complexity index is 517. The third-order valence-corrected chi connectivity index (χ3v) is 4.26. The number of sulfonamides is 1. The van der Waals surface area contributed by atoms with E-state index in [2.05, 4.69) is 4.72 Å². The van der Waals surface area contributed by atoms with Crippen molar-refractivity contribution in [3.8, 4) is 0 Å². The maximum Gasteiger partial charge on any atom is 0.245 e. The Balaban J connectivity index is 2.37. The Kier molecular flexibility index (Phi) is 7.58. The zero-order valence-corrected chi connectivity index (χ0v) is 12.8. The van der Waals surface area contributed by atoms with Crippen LogP contribution in [0.4, 0.5) is 10.1 Å². The number of nitrogen functional groups attached to an aromatic ring is 1. The van der Waals surface area contributed by atoms with Crippen molar-refractivity contribution in [3.05, 3.63) is 24.0 Å². The third-order valence-electron chi connectivity index (χ3n) is 2.71. The second-order valence-electron chi connectivity index (χ2n) is 4.37. The molecular formula is C13H21FN2O4S. The van der Waals surface area contributed by atoms with E-state index in [0.29, 0.717) is 32.7 Å². The summed E-state index contributed by atoms with van der Waals surface area (Å²) in [6, 6.07) is 3.77. The van der Waals surface area contributed by atoms with Crippen LogP contribution in [0.5, 0.6) is 0 Å². The molecule has 0 bridgehead atoms. The molecule has 120 valence electrons. The molecule has 0 aliphatic rings. The van der Waals surface area contributed by atoms with Gasteiger partial charge in [0.2, 0.25) is 10.0 Å². The molecule has 0 saturated carbocycles. The SMILES string of the molecule is COCCOCCCCNS(=O)(=O)c1c(N)cccc1F. The van der Waals surface area contributed by atoms with Crippen LogP contribution in [0.15, 0.2) is 23.1 Å². The number of hydrogen-bond donors (Lipinski definition) is 2. The fraction of sp³-hybridized carbons (Fsp3) is 0.538. The highest BCUT2D eigenvalue weighted by atomic mass is 32.2. The summed E-state index contributed by atoms with van der Waals surface area (Å²) in [6.07, 6.45) is 1.28. The minimum Gasteiger partial charge on any atom is -0.398 e. The predicted octanol–water partition coefficient (Wildman–Crippen LogP) is 1.13. The molecule has 0 aliphatic carbocycles. The molecule has 0 unspecified atom stereocenters. The largest absolute Gasteiger partial charge is 0.398 e. The summed E-state index contributed by atoms with van der Waals surface area (Å²) >= 11 is 0. The molecule has 0 saturated heterocycles. The van der Waals surface area contributed by atoms with Crippen molar-refractivity contribution >= 4 is 15.7 Å². The van der Waals surface area contributed by atoms with Crippen molar-refractivity contribution in [1.82, 2.24) is 4.72 Å². The number of nitrogens with two attached hydrogens (primary N) is 1. The van der Waals surface area contributed by atoms with Crippen LogP contribution in [0.1, 0.15) is 12.8 Å². The average Bonchev–Trinajstić information content (AvgIpc) is 2.41. The molecule has 0 heterocycles. The summed E-state index contributed by atoms with van der Waals surface area (Å²) in [5.41, 5.74) is 5.41. The molecule has 0 atom stereocenters. The monoisotopic (exact) mass is 320 g/mol. The van der Waals surface area contributed by atoms with Crippen LogP contribution in [0.25, 0.3) is 0 Å². The first-order valence-electron chi connectivity index (χ1n) is 6.59. The Labute approximate surface area is 124 Å². The van der Waals surface area contributed by atoms with Crippen LogP contribution in [-0.2, 0) is 19.5 Å². The summed E-state index contributed by atoms with van der Waals surface area (Å²) < 4.78 is 49.9. The Morgan fingerprint density at radius 1 is 1.24 bits per heavy atom. The van der Waals surface area contributed by atoms with Gasteiger partial charge in [-0.15, -0.1) is 0 Å². The second-order valence-corrected chi connectivity index (χ2v) is 6.07. The van der Waals surface area contributed by atoms with Crippen molar-refractivity contribution in [2.24, 2.45) is 0 Å². The lowest BCUT2D eigenvalue weighted by Crippen LogP contribution is -2.26. The standard InChI is InChI=1S/C13H21FN2O4S/c1-19-9-10-20-8-3-2-7-16-21(17,18)13-11(14)5-4-6-12(13)15/h4-6,16H,2-3,7-10,15H2,1H3. The van der Waals surface area contributed by atoms with Gasteiger partial charge in [0.25, 0.3) is 0 Å². The summed E-state index contributed by atoms with van der Waals surface area (Å²) in [7, 11) is -2.34. The predicted molar refractivity (Wildman–Crippen MR) is 77.9 cm³/mol. The van der Waals surface area contributed by atoms with Crippen molar-refractivity contribution in [2.75, 3.05) is 39.2 Å². The smallest absolute Gasteiger partial charge is 0.245 e. The van der Waals surface area contributed by atoms with Crippen LogP contribution in [0.3, 0.4) is 0 Å². The summed E-state index contributed by atoms with van der Waals surface area (Å²) in [5.74, 6) is -0.856. The molecule has 0 amide bonds. The van der Waals surface area contributed by atoms with E-state index in [1.807, 2.05) is 0 Å². The Morgan fingerprint density at radius 2 is 2.00 bits per heavy atom. The lowest BCUT2D eigenvalue weighted by atomic mass is 10.3. The van der Waals surface area contributed by atoms with Gasteiger partial charge in [-0.25, -0.2) is 17.5 Å². The van der Waals surface area contributed by atoms with Gasteiger partial charge in [0.15, 0.2) is 0 Å². The van der Waals surface area contributed by atoms with E-state index in [9.17, 15) is 12.8 Å². The zero-order valence-electron chi connectivity index (χ0n) is 12.0. The van der Waals surface area contributed by atoms with Crippen molar-refractivity contribution < 1.29 is 22.3 Å². The number of hydrogen-bond acceptors (Lipinski definition) is 5. The number of unbranched alkanes of at least 4 members (excludes halogenated alkanes) is 1. The molecule has 21 heavy (non-hydrogen) atoms. The minimum absolute atomic E-state index is 0.106. The molecule has 0 aliphatic heterocycles.